The van der Waals surface area contributed by atoms with Gasteiger partial charge in [0.05, 0.1) is 10.9 Å². The lowest BCUT2D eigenvalue weighted by Crippen LogP contribution is -2.43. The zero-order valence-corrected chi connectivity index (χ0v) is 16.8. The highest BCUT2D eigenvalue weighted by atomic mass is 35.5. The summed E-state index contributed by atoms with van der Waals surface area (Å²) in [5.41, 5.74) is 0.0989. The summed E-state index contributed by atoms with van der Waals surface area (Å²) in [6.07, 6.45) is 0.929. The van der Waals surface area contributed by atoms with E-state index in [2.05, 4.69) is 5.32 Å². The van der Waals surface area contributed by atoms with E-state index in [0.717, 1.165) is 12.1 Å². The third kappa shape index (κ3) is 4.46. The van der Waals surface area contributed by atoms with Gasteiger partial charge in [-0.3, -0.25) is 4.79 Å². The second kappa shape index (κ2) is 8.32. The van der Waals surface area contributed by atoms with Crippen molar-refractivity contribution < 1.29 is 22.0 Å². The summed E-state index contributed by atoms with van der Waals surface area (Å²) >= 11 is 11.9. The van der Waals surface area contributed by atoms with Crippen LogP contribution in [0.3, 0.4) is 0 Å². The van der Waals surface area contributed by atoms with Crippen LogP contribution in [0, 0.1) is 17.6 Å². The molecule has 3 rings (SSSR count). The number of rotatable bonds is 4. The van der Waals surface area contributed by atoms with Crippen molar-refractivity contribution in [3.05, 3.63) is 58.1 Å². The van der Waals surface area contributed by atoms with Gasteiger partial charge in [0.25, 0.3) is 0 Å². The van der Waals surface area contributed by atoms with Gasteiger partial charge in [0.2, 0.25) is 15.9 Å². The number of carbonyl (C=O) groups excluding carboxylic acids is 1. The van der Waals surface area contributed by atoms with Crippen LogP contribution >= 0.6 is 23.2 Å². The number of carbonyl (C=O) groups is 1. The molecule has 0 saturated carbocycles. The van der Waals surface area contributed by atoms with Gasteiger partial charge in [-0.1, -0.05) is 23.2 Å². The lowest BCUT2D eigenvalue weighted by Gasteiger charge is -2.31. The first-order valence-corrected chi connectivity index (χ1v) is 10.6. The van der Waals surface area contributed by atoms with Gasteiger partial charge in [0.1, 0.15) is 4.90 Å². The molecule has 0 aromatic heterocycles. The second-order valence-corrected chi connectivity index (χ2v) is 9.15. The molecule has 28 heavy (non-hydrogen) atoms. The number of piperidine rings is 1. The highest BCUT2D eigenvalue weighted by Crippen LogP contribution is 2.30. The first-order chi connectivity index (χ1) is 13.2. The van der Waals surface area contributed by atoms with E-state index in [4.69, 9.17) is 23.2 Å². The van der Waals surface area contributed by atoms with Gasteiger partial charge in [-0.2, -0.15) is 4.31 Å². The van der Waals surface area contributed by atoms with Crippen molar-refractivity contribution in [2.75, 3.05) is 18.4 Å². The van der Waals surface area contributed by atoms with Gasteiger partial charge in [-0.05, 0) is 43.2 Å². The smallest absolute Gasteiger partial charge is 0.244 e. The SMILES string of the molecule is O=C(Nc1ccc(F)c(F)c1)[C@H]1CCCN(S(=O)(=O)c2cc(Cl)ccc2Cl)C1. The first kappa shape index (κ1) is 21.0. The third-order valence-corrected chi connectivity index (χ3v) is 7.03. The maximum absolute atomic E-state index is 13.3. The predicted molar refractivity (Wildman–Crippen MR) is 103 cm³/mol. The lowest BCUT2D eigenvalue weighted by atomic mass is 9.98. The molecule has 1 aliphatic heterocycles. The Kier molecular flexibility index (Phi) is 6.24. The summed E-state index contributed by atoms with van der Waals surface area (Å²) in [6, 6.07) is 7.16. The Balaban J connectivity index is 1.76. The highest BCUT2D eigenvalue weighted by molar-refractivity contribution is 7.89. The minimum absolute atomic E-state index is 0.0396. The number of halogens is 4. The van der Waals surface area contributed by atoms with Gasteiger partial charge < -0.3 is 5.32 Å². The molecule has 1 N–H and O–H groups in total. The molecule has 5 nitrogen and oxygen atoms in total. The predicted octanol–water partition coefficient (Wildman–Crippen LogP) is 4.31. The molecule has 1 saturated heterocycles. The highest BCUT2D eigenvalue weighted by Gasteiger charge is 2.34. The van der Waals surface area contributed by atoms with Crippen LogP contribution in [0.25, 0.3) is 0 Å². The molecule has 150 valence electrons. The van der Waals surface area contributed by atoms with Crippen molar-refractivity contribution in [2.45, 2.75) is 17.7 Å². The maximum atomic E-state index is 13.3. The summed E-state index contributed by atoms with van der Waals surface area (Å²) in [5, 5.41) is 2.77. The summed E-state index contributed by atoms with van der Waals surface area (Å²) in [6.45, 7) is 0.181. The number of sulfonamides is 1. The van der Waals surface area contributed by atoms with Gasteiger partial charge in [0.15, 0.2) is 11.6 Å². The molecule has 0 radical (unpaired) electrons. The van der Waals surface area contributed by atoms with E-state index < -0.39 is 33.5 Å². The van der Waals surface area contributed by atoms with Crippen LogP contribution < -0.4 is 5.32 Å². The van der Waals surface area contributed by atoms with Crippen LogP contribution in [0.4, 0.5) is 14.5 Å². The molecule has 2 aromatic carbocycles. The average molecular weight is 449 g/mol. The molecule has 1 fully saturated rings. The largest absolute Gasteiger partial charge is 0.326 e. The number of nitrogens with one attached hydrogen (secondary N) is 1. The molecule has 2 aromatic rings. The molecule has 10 heteroatoms. The van der Waals surface area contributed by atoms with Crippen LogP contribution in [-0.4, -0.2) is 31.7 Å². The number of nitrogens with zero attached hydrogens (tertiary/aromatic N) is 1. The fourth-order valence-electron chi connectivity index (χ4n) is 3.01. The van der Waals surface area contributed by atoms with Gasteiger partial charge in [-0.15, -0.1) is 0 Å². The second-order valence-electron chi connectivity index (χ2n) is 6.40. The van der Waals surface area contributed by atoms with Gasteiger partial charge >= 0.3 is 0 Å². The Morgan fingerprint density at radius 2 is 1.86 bits per heavy atom. The summed E-state index contributed by atoms with van der Waals surface area (Å²) in [5.74, 6) is -3.22. The van der Waals surface area contributed by atoms with E-state index in [1.54, 1.807) is 0 Å². The van der Waals surface area contributed by atoms with Crippen LogP contribution in [0.1, 0.15) is 12.8 Å². The van der Waals surface area contributed by atoms with Gasteiger partial charge in [-0.25, -0.2) is 17.2 Å². The molecular weight excluding hydrogens is 433 g/mol. The molecule has 0 bridgehead atoms. The Morgan fingerprint density at radius 1 is 1.11 bits per heavy atom. The normalized spacial score (nSPS) is 18.1. The summed E-state index contributed by atoms with van der Waals surface area (Å²) in [7, 11) is -3.94. The van der Waals surface area contributed by atoms with Crippen molar-refractivity contribution in [3.63, 3.8) is 0 Å². The zero-order chi connectivity index (χ0) is 20.5. The van der Waals surface area contributed by atoms with E-state index in [9.17, 15) is 22.0 Å². The first-order valence-electron chi connectivity index (χ1n) is 8.39. The lowest BCUT2D eigenvalue weighted by molar-refractivity contribution is -0.120. The minimum atomic E-state index is -3.94. The number of hydrogen-bond acceptors (Lipinski definition) is 3. The number of hydrogen-bond donors (Lipinski definition) is 1. The molecular formula is C18H16Cl2F2N2O3S. The molecule has 0 spiro atoms. The van der Waals surface area contributed by atoms with Crippen molar-refractivity contribution in [3.8, 4) is 0 Å². The Labute approximate surface area is 171 Å². The van der Waals surface area contributed by atoms with Crippen molar-refractivity contribution >= 4 is 44.8 Å². The molecule has 0 unspecified atom stereocenters. The van der Waals surface area contributed by atoms with Crippen LogP contribution in [0.15, 0.2) is 41.3 Å². The van der Waals surface area contributed by atoms with E-state index in [1.807, 2.05) is 0 Å². The van der Waals surface area contributed by atoms with E-state index in [-0.39, 0.29) is 33.7 Å². The Morgan fingerprint density at radius 3 is 2.57 bits per heavy atom. The maximum Gasteiger partial charge on any atom is 0.244 e. The van der Waals surface area contributed by atoms with E-state index in [0.29, 0.717) is 12.8 Å². The molecule has 1 atom stereocenters. The van der Waals surface area contributed by atoms with Crippen molar-refractivity contribution in [1.82, 2.24) is 4.31 Å². The summed E-state index contributed by atoms with van der Waals surface area (Å²) in [4.78, 5) is 12.4. The van der Waals surface area contributed by atoms with Crippen LogP contribution in [0.2, 0.25) is 10.0 Å². The Bertz CT molecular complexity index is 1020. The zero-order valence-electron chi connectivity index (χ0n) is 14.5. The van der Waals surface area contributed by atoms with Gasteiger partial charge in [0, 0.05) is 29.9 Å². The van der Waals surface area contributed by atoms with Crippen LogP contribution in [0.5, 0.6) is 0 Å². The fraction of sp³-hybridized carbons (Fsp3) is 0.278. The minimum Gasteiger partial charge on any atom is -0.326 e. The van der Waals surface area contributed by atoms with Crippen molar-refractivity contribution in [1.29, 1.82) is 0 Å². The number of amides is 1. The fourth-order valence-corrected chi connectivity index (χ4v) is 5.27. The van der Waals surface area contributed by atoms with E-state index in [1.165, 1.54) is 28.6 Å². The third-order valence-electron chi connectivity index (χ3n) is 4.45. The summed E-state index contributed by atoms with van der Waals surface area (Å²) < 4.78 is 53.4. The molecule has 1 heterocycles. The molecule has 1 aliphatic rings. The standard InChI is InChI=1S/C18H16Cl2F2N2O3S/c19-12-3-5-14(20)17(8-12)28(26,27)24-7-1-2-11(10-24)18(25)23-13-4-6-15(21)16(22)9-13/h3-6,8-9,11H,1-2,7,10H2,(H,23,25)/t11-/m0/s1. The van der Waals surface area contributed by atoms with Crippen LogP contribution in [-0.2, 0) is 14.8 Å². The topological polar surface area (TPSA) is 66.5 Å². The number of benzene rings is 2. The number of anilines is 1. The quantitative estimate of drug-likeness (QED) is 0.757. The van der Waals surface area contributed by atoms with Crippen molar-refractivity contribution in [2.24, 2.45) is 5.92 Å². The Hall–Kier alpha value is -1.74. The molecule has 0 aliphatic carbocycles. The average Bonchev–Trinajstić information content (AvgIpc) is 2.66. The molecule has 1 amide bonds. The monoisotopic (exact) mass is 448 g/mol. The van der Waals surface area contributed by atoms with E-state index >= 15 is 0 Å².